The fourth-order valence-electron chi connectivity index (χ4n) is 5.20. The Bertz CT molecular complexity index is 1150. The van der Waals surface area contributed by atoms with Crippen molar-refractivity contribution in [1.82, 2.24) is 35.7 Å². The molecule has 1 saturated carbocycles. The first-order chi connectivity index (χ1) is 17.3. The van der Waals surface area contributed by atoms with Crippen molar-refractivity contribution in [3.05, 3.63) is 41.7 Å². The van der Waals surface area contributed by atoms with Crippen LogP contribution < -0.4 is 10.2 Å². The third kappa shape index (κ3) is 5.45. The van der Waals surface area contributed by atoms with Gasteiger partial charge in [0.15, 0.2) is 0 Å². The SMILES string of the molecule is CC(C)Cc1cc(NC2CC(F)(F)C2)c(-c2nn[nH]n2)c(N2CCN(Cc3cccnn3)[C@@H](C)C2)c1. The van der Waals surface area contributed by atoms with Crippen molar-refractivity contribution in [3.63, 3.8) is 0 Å². The van der Waals surface area contributed by atoms with Crippen molar-refractivity contribution in [1.29, 1.82) is 0 Å². The summed E-state index contributed by atoms with van der Waals surface area (Å²) >= 11 is 0. The van der Waals surface area contributed by atoms with Crippen molar-refractivity contribution in [2.45, 2.75) is 64.6 Å². The number of anilines is 2. The number of hydrogen-bond acceptors (Lipinski definition) is 8. The molecule has 11 heteroatoms. The van der Waals surface area contributed by atoms with E-state index in [2.05, 4.69) is 78.8 Å². The number of halogens is 2. The van der Waals surface area contributed by atoms with E-state index < -0.39 is 5.92 Å². The molecule has 1 aliphatic carbocycles. The smallest absolute Gasteiger partial charge is 0.252 e. The van der Waals surface area contributed by atoms with Crippen LogP contribution in [0, 0.1) is 5.92 Å². The molecule has 0 unspecified atom stereocenters. The van der Waals surface area contributed by atoms with Crippen molar-refractivity contribution in [2.24, 2.45) is 5.92 Å². The molecule has 1 saturated heterocycles. The fraction of sp³-hybridized carbons (Fsp3) is 0.560. The quantitative estimate of drug-likeness (QED) is 0.485. The first-order valence-corrected chi connectivity index (χ1v) is 12.6. The standard InChI is InChI=1S/C25H33F2N9/c1-16(2)9-18-10-21(29-20-12-25(26,27)13-20)23(24-31-33-34-32-24)22(11-18)36-8-7-35(17(3)14-36)15-19-5-4-6-28-30-19/h4-6,10-11,16-17,20,29H,7-9,12-15H2,1-3H3,(H,31,32,33,34)/t17-/m0/s1. The summed E-state index contributed by atoms with van der Waals surface area (Å²) in [6, 6.07) is 8.17. The number of hydrogen-bond donors (Lipinski definition) is 2. The van der Waals surface area contributed by atoms with E-state index in [1.165, 1.54) is 0 Å². The highest BCUT2D eigenvalue weighted by Gasteiger charge is 2.45. The largest absolute Gasteiger partial charge is 0.381 e. The van der Waals surface area contributed by atoms with Gasteiger partial charge in [-0.1, -0.05) is 13.8 Å². The van der Waals surface area contributed by atoms with Crippen LogP contribution in [0.5, 0.6) is 0 Å². The zero-order chi connectivity index (χ0) is 25.3. The molecule has 0 radical (unpaired) electrons. The second kappa shape index (κ2) is 10.0. The summed E-state index contributed by atoms with van der Waals surface area (Å²) in [7, 11) is 0. The Morgan fingerprint density at radius 1 is 1.19 bits per heavy atom. The number of aromatic nitrogens is 6. The molecule has 36 heavy (non-hydrogen) atoms. The second-order valence-electron chi connectivity index (χ2n) is 10.5. The van der Waals surface area contributed by atoms with E-state index in [0.717, 1.165) is 60.8 Å². The van der Waals surface area contributed by atoms with Gasteiger partial charge in [0, 0.05) is 63.0 Å². The normalized spacial score (nSPS) is 20.5. The number of H-pyrrole nitrogens is 1. The highest BCUT2D eigenvalue weighted by Crippen LogP contribution is 2.43. The summed E-state index contributed by atoms with van der Waals surface area (Å²) in [5.41, 5.74) is 4.72. The number of benzene rings is 1. The molecule has 1 aromatic carbocycles. The average Bonchev–Trinajstić information content (AvgIpc) is 3.34. The molecule has 0 spiro atoms. The lowest BCUT2D eigenvalue weighted by Crippen LogP contribution is -2.51. The van der Waals surface area contributed by atoms with Crippen LogP contribution in [-0.2, 0) is 13.0 Å². The Kier molecular flexibility index (Phi) is 6.83. The Morgan fingerprint density at radius 3 is 2.67 bits per heavy atom. The van der Waals surface area contributed by atoms with Crippen LogP contribution in [-0.4, -0.2) is 73.4 Å². The maximum absolute atomic E-state index is 13.6. The molecule has 9 nitrogen and oxygen atoms in total. The van der Waals surface area contributed by atoms with E-state index in [0.29, 0.717) is 11.7 Å². The molecule has 1 aliphatic heterocycles. The number of tetrazole rings is 1. The summed E-state index contributed by atoms with van der Waals surface area (Å²) in [4.78, 5) is 4.76. The van der Waals surface area contributed by atoms with Gasteiger partial charge in [-0.15, -0.1) is 10.2 Å². The first-order valence-electron chi connectivity index (χ1n) is 12.6. The molecule has 2 aliphatic rings. The number of nitrogens with one attached hydrogen (secondary N) is 2. The summed E-state index contributed by atoms with van der Waals surface area (Å²) < 4.78 is 27.2. The number of aromatic amines is 1. The molecular formula is C25H33F2N9. The van der Waals surface area contributed by atoms with E-state index in [-0.39, 0.29) is 24.9 Å². The molecule has 3 aromatic rings. The average molecular weight is 498 g/mol. The molecular weight excluding hydrogens is 464 g/mol. The van der Waals surface area contributed by atoms with Gasteiger partial charge in [0.05, 0.1) is 16.9 Å². The fourth-order valence-corrected chi connectivity index (χ4v) is 5.20. The van der Waals surface area contributed by atoms with Gasteiger partial charge in [0.1, 0.15) is 0 Å². The van der Waals surface area contributed by atoms with Crippen molar-refractivity contribution >= 4 is 11.4 Å². The number of rotatable bonds is 8. The van der Waals surface area contributed by atoms with Gasteiger partial charge >= 0.3 is 0 Å². The van der Waals surface area contributed by atoms with Gasteiger partial charge in [0.2, 0.25) is 5.82 Å². The molecule has 2 N–H and O–H groups in total. The predicted octanol–water partition coefficient (Wildman–Crippen LogP) is 3.78. The molecule has 192 valence electrons. The minimum atomic E-state index is -2.60. The molecule has 0 bridgehead atoms. The Morgan fingerprint density at radius 2 is 2.03 bits per heavy atom. The predicted molar refractivity (Wildman–Crippen MR) is 134 cm³/mol. The van der Waals surface area contributed by atoms with Gasteiger partial charge in [-0.25, -0.2) is 8.78 Å². The minimum Gasteiger partial charge on any atom is -0.381 e. The molecule has 2 aromatic heterocycles. The Labute approximate surface area is 209 Å². The zero-order valence-electron chi connectivity index (χ0n) is 21.0. The van der Waals surface area contributed by atoms with Crippen molar-refractivity contribution in [2.75, 3.05) is 29.9 Å². The Hall–Kier alpha value is -3.21. The Balaban J connectivity index is 1.46. The topological polar surface area (TPSA) is 98.8 Å². The van der Waals surface area contributed by atoms with Crippen LogP contribution in [0.25, 0.3) is 11.4 Å². The summed E-state index contributed by atoms with van der Waals surface area (Å²) in [5.74, 6) is -1.68. The zero-order valence-corrected chi connectivity index (χ0v) is 21.0. The lowest BCUT2D eigenvalue weighted by atomic mass is 9.87. The minimum absolute atomic E-state index is 0.166. The monoisotopic (exact) mass is 497 g/mol. The summed E-state index contributed by atoms with van der Waals surface area (Å²) in [6.45, 7) is 9.79. The van der Waals surface area contributed by atoms with E-state index in [1.54, 1.807) is 6.20 Å². The molecule has 2 fully saturated rings. The first kappa shape index (κ1) is 24.5. The molecule has 5 rings (SSSR count). The van der Waals surface area contributed by atoms with Gasteiger partial charge in [-0.05, 0) is 54.3 Å². The van der Waals surface area contributed by atoms with Crippen LogP contribution in [0.1, 0.15) is 44.9 Å². The van der Waals surface area contributed by atoms with Crippen LogP contribution >= 0.6 is 0 Å². The van der Waals surface area contributed by atoms with Crippen molar-refractivity contribution in [3.8, 4) is 11.4 Å². The lowest BCUT2D eigenvalue weighted by molar-refractivity contribution is -0.0793. The van der Waals surface area contributed by atoms with Gasteiger partial charge in [0.25, 0.3) is 5.92 Å². The van der Waals surface area contributed by atoms with Crippen LogP contribution in [0.3, 0.4) is 0 Å². The summed E-state index contributed by atoms with van der Waals surface area (Å²) in [5, 5.41) is 26.5. The lowest BCUT2D eigenvalue weighted by Gasteiger charge is -2.42. The molecule has 1 atom stereocenters. The maximum Gasteiger partial charge on any atom is 0.252 e. The van der Waals surface area contributed by atoms with E-state index >= 15 is 0 Å². The highest BCUT2D eigenvalue weighted by atomic mass is 19.3. The van der Waals surface area contributed by atoms with Gasteiger partial charge < -0.3 is 10.2 Å². The highest BCUT2D eigenvalue weighted by molar-refractivity contribution is 5.87. The molecule has 3 heterocycles. The third-order valence-corrected chi connectivity index (χ3v) is 6.94. The van der Waals surface area contributed by atoms with Gasteiger partial charge in [-0.2, -0.15) is 15.4 Å². The van der Waals surface area contributed by atoms with Crippen LogP contribution in [0.15, 0.2) is 30.5 Å². The number of piperazine rings is 1. The number of nitrogens with zero attached hydrogens (tertiary/aromatic N) is 7. The van der Waals surface area contributed by atoms with E-state index in [1.807, 2.05) is 12.1 Å². The van der Waals surface area contributed by atoms with E-state index in [9.17, 15) is 8.78 Å². The van der Waals surface area contributed by atoms with Gasteiger partial charge in [-0.3, -0.25) is 4.90 Å². The third-order valence-electron chi connectivity index (χ3n) is 6.94. The van der Waals surface area contributed by atoms with E-state index in [4.69, 9.17) is 0 Å². The number of alkyl halides is 2. The van der Waals surface area contributed by atoms with Crippen LogP contribution in [0.4, 0.5) is 20.2 Å². The second-order valence-corrected chi connectivity index (χ2v) is 10.5. The maximum atomic E-state index is 13.6. The van der Waals surface area contributed by atoms with Crippen LogP contribution in [0.2, 0.25) is 0 Å². The summed E-state index contributed by atoms with van der Waals surface area (Å²) in [6.07, 6.45) is 2.24. The van der Waals surface area contributed by atoms with Crippen molar-refractivity contribution < 1.29 is 8.78 Å². The molecule has 0 amide bonds.